The minimum absolute atomic E-state index is 0.0573. The van der Waals surface area contributed by atoms with Gasteiger partial charge in [-0.3, -0.25) is 19.7 Å². The molecule has 1 aromatic heterocycles. The molecule has 0 spiro atoms. The van der Waals surface area contributed by atoms with Crippen LogP contribution < -0.4 is 14.8 Å². The molecule has 0 aliphatic heterocycles. The van der Waals surface area contributed by atoms with Gasteiger partial charge >= 0.3 is 5.69 Å². The Morgan fingerprint density at radius 2 is 1.53 bits per heavy atom. The minimum Gasteiger partial charge on any atom is -0.493 e. The monoisotopic (exact) mass is 599 g/mol. The molecule has 224 valence electrons. The van der Waals surface area contributed by atoms with E-state index in [1.54, 1.807) is 12.1 Å². The van der Waals surface area contributed by atoms with Crippen LogP contribution >= 0.6 is 0 Å². The van der Waals surface area contributed by atoms with Crippen molar-refractivity contribution in [1.82, 2.24) is 10.3 Å². The van der Waals surface area contributed by atoms with Gasteiger partial charge in [-0.15, -0.1) is 0 Å². The summed E-state index contributed by atoms with van der Waals surface area (Å²) in [5.41, 5.74) is 3.87. The fourth-order valence-corrected chi connectivity index (χ4v) is 5.21. The molecule has 0 atom stereocenters. The lowest BCUT2D eigenvalue weighted by Crippen LogP contribution is -2.30. The molecule has 0 radical (unpaired) electrons. The lowest BCUT2D eigenvalue weighted by molar-refractivity contribution is -0.386. The quantitative estimate of drug-likeness (QED) is 0.0883. The number of nitrogens with zero attached hydrogens (tertiary/aromatic N) is 1. The van der Waals surface area contributed by atoms with Gasteiger partial charge in [-0.1, -0.05) is 66.7 Å². The number of carbonyl (C=O) groups is 2. The summed E-state index contributed by atoms with van der Waals surface area (Å²) in [4.78, 5) is 40.5. The van der Waals surface area contributed by atoms with Crippen molar-refractivity contribution in [3.05, 3.63) is 148 Å². The molecule has 1 amide bonds. The van der Waals surface area contributed by atoms with Gasteiger partial charge in [0.15, 0.2) is 11.5 Å². The number of amides is 1. The number of Topliss-reactive ketones (excluding diaryl/α,β-unsaturated/α-hetero) is 1. The van der Waals surface area contributed by atoms with Gasteiger partial charge in [0.05, 0.1) is 23.6 Å². The summed E-state index contributed by atoms with van der Waals surface area (Å²) < 4.78 is 11.7. The number of hydrogen-bond donors (Lipinski definition) is 2. The maximum atomic E-state index is 13.1. The van der Waals surface area contributed by atoms with Crippen molar-refractivity contribution in [2.75, 3.05) is 13.2 Å². The highest BCUT2D eigenvalue weighted by molar-refractivity contribution is 6.07. The average Bonchev–Trinajstić information content (AvgIpc) is 3.44. The SMILES string of the molecule is O=C(CNC(=O)c1ccccc1CCOc1ccc2c(c1)[nH]c1ccccc12)c1ccc(OCc2ccccc2)c([N+](=O)[O-])c1. The average molecular weight is 600 g/mol. The van der Waals surface area contributed by atoms with Gasteiger partial charge in [-0.05, 0) is 47.5 Å². The van der Waals surface area contributed by atoms with E-state index in [0.717, 1.165) is 32.9 Å². The first kappa shape index (κ1) is 29.1. The highest BCUT2D eigenvalue weighted by Gasteiger charge is 2.20. The molecule has 9 nitrogen and oxygen atoms in total. The third-order valence-corrected chi connectivity index (χ3v) is 7.50. The maximum Gasteiger partial charge on any atom is 0.311 e. The Balaban J connectivity index is 1.06. The molecular weight excluding hydrogens is 570 g/mol. The van der Waals surface area contributed by atoms with Crippen LogP contribution in [-0.4, -0.2) is 34.7 Å². The fraction of sp³-hybridized carbons (Fsp3) is 0.111. The number of H-pyrrole nitrogens is 1. The number of hydrogen-bond acceptors (Lipinski definition) is 6. The highest BCUT2D eigenvalue weighted by Crippen LogP contribution is 2.30. The van der Waals surface area contributed by atoms with Crippen LogP contribution in [0, 0.1) is 10.1 Å². The molecule has 0 saturated carbocycles. The second kappa shape index (κ2) is 13.1. The second-order valence-corrected chi connectivity index (χ2v) is 10.5. The molecule has 6 rings (SSSR count). The van der Waals surface area contributed by atoms with Gasteiger partial charge in [-0.25, -0.2) is 0 Å². The Hall–Kier alpha value is -5.96. The van der Waals surface area contributed by atoms with E-state index in [1.807, 2.05) is 78.9 Å². The lowest BCUT2D eigenvalue weighted by atomic mass is 10.0. The summed E-state index contributed by atoms with van der Waals surface area (Å²) in [6, 6.07) is 34.5. The fourth-order valence-electron chi connectivity index (χ4n) is 5.21. The van der Waals surface area contributed by atoms with Gasteiger partial charge in [0.2, 0.25) is 0 Å². The molecule has 0 aliphatic rings. The van der Waals surface area contributed by atoms with Crippen molar-refractivity contribution >= 4 is 39.2 Å². The summed E-state index contributed by atoms with van der Waals surface area (Å²) in [6.45, 7) is 0.168. The van der Waals surface area contributed by atoms with Crippen LogP contribution in [0.25, 0.3) is 21.8 Å². The van der Waals surface area contributed by atoms with Crippen LogP contribution in [0.5, 0.6) is 11.5 Å². The Bertz CT molecular complexity index is 2020. The van der Waals surface area contributed by atoms with Crippen molar-refractivity contribution in [1.29, 1.82) is 0 Å². The third kappa shape index (κ3) is 6.67. The smallest absolute Gasteiger partial charge is 0.311 e. The molecule has 9 heteroatoms. The molecule has 0 bridgehead atoms. The lowest BCUT2D eigenvalue weighted by Gasteiger charge is -2.12. The molecular formula is C36H29N3O6. The van der Waals surface area contributed by atoms with Crippen molar-refractivity contribution in [2.45, 2.75) is 13.0 Å². The normalized spacial score (nSPS) is 10.9. The number of aromatic nitrogens is 1. The molecule has 5 aromatic carbocycles. The standard InChI is InChI=1S/C36H29N3O6/c40-34(26-14-17-35(33(20-26)39(42)43)45-23-24-8-2-1-3-9-24)22-37-36(41)28-11-5-4-10-25(28)18-19-44-27-15-16-30-29-12-6-7-13-31(29)38-32(30)21-27/h1-17,20-21,38H,18-19,22-23H2,(H,37,41). The van der Waals surface area contributed by atoms with Gasteiger partial charge in [0.25, 0.3) is 5.91 Å². The number of ketones is 1. The Labute approximate surface area is 258 Å². The number of nitro groups is 1. The summed E-state index contributed by atoms with van der Waals surface area (Å²) in [6.07, 6.45) is 0.471. The minimum atomic E-state index is -0.591. The Morgan fingerprint density at radius 3 is 2.38 bits per heavy atom. The number of ether oxygens (including phenoxy) is 2. The number of rotatable bonds is 12. The van der Waals surface area contributed by atoms with E-state index >= 15 is 0 Å². The van der Waals surface area contributed by atoms with Gasteiger partial charge in [-0.2, -0.15) is 0 Å². The zero-order valence-corrected chi connectivity index (χ0v) is 24.2. The topological polar surface area (TPSA) is 124 Å². The Kier molecular flexibility index (Phi) is 8.50. The number of aromatic amines is 1. The predicted molar refractivity (Wildman–Crippen MR) is 172 cm³/mol. The number of nitro benzene ring substituents is 1. The predicted octanol–water partition coefficient (Wildman–Crippen LogP) is 7.04. The summed E-state index contributed by atoms with van der Waals surface area (Å²) in [7, 11) is 0. The van der Waals surface area contributed by atoms with E-state index in [4.69, 9.17) is 9.47 Å². The molecule has 0 unspecified atom stereocenters. The number of carbonyl (C=O) groups excluding carboxylic acids is 2. The maximum absolute atomic E-state index is 13.1. The first-order valence-electron chi connectivity index (χ1n) is 14.4. The van der Waals surface area contributed by atoms with E-state index < -0.39 is 16.6 Å². The van der Waals surface area contributed by atoms with Crippen LogP contribution in [0.3, 0.4) is 0 Å². The van der Waals surface area contributed by atoms with Crippen LogP contribution in [0.1, 0.15) is 31.8 Å². The molecule has 0 fully saturated rings. The summed E-state index contributed by atoms with van der Waals surface area (Å²) in [5.74, 6) is -0.112. The second-order valence-electron chi connectivity index (χ2n) is 10.5. The number of fused-ring (bicyclic) bond motifs is 3. The van der Waals surface area contributed by atoms with E-state index in [9.17, 15) is 19.7 Å². The molecule has 1 heterocycles. The number of nitrogens with one attached hydrogen (secondary N) is 2. The first-order chi connectivity index (χ1) is 22.0. The van der Waals surface area contributed by atoms with E-state index in [0.29, 0.717) is 24.3 Å². The van der Waals surface area contributed by atoms with Crippen LogP contribution in [-0.2, 0) is 13.0 Å². The Morgan fingerprint density at radius 1 is 0.778 bits per heavy atom. The van der Waals surface area contributed by atoms with Crippen LogP contribution in [0.2, 0.25) is 0 Å². The van der Waals surface area contributed by atoms with Gasteiger partial charge < -0.3 is 19.8 Å². The molecule has 2 N–H and O–H groups in total. The largest absolute Gasteiger partial charge is 0.493 e. The van der Waals surface area contributed by atoms with Gasteiger partial charge in [0, 0.05) is 46.0 Å². The van der Waals surface area contributed by atoms with Crippen molar-refractivity contribution < 1.29 is 24.0 Å². The van der Waals surface area contributed by atoms with E-state index in [2.05, 4.69) is 16.4 Å². The molecule has 0 saturated heterocycles. The van der Waals surface area contributed by atoms with Gasteiger partial charge in [0.1, 0.15) is 12.4 Å². The van der Waals surface area contributed by atoms with Crippen molar-refractivity contribution in [2.24, 2.45) is 0 Å². The van der Waals surface area contributed by atoms with Crippen molar-refractivity contribution in [3.63, 3.8) is 0 Å². The highest BCUT2D eigenvalue weighted by atomic mass is 16.6. The summed E-state index contributed by atoms with van der Waals surface area (Å²) >= 11 is 0. The zero-order chi connectivity index (χ0) is 31.2. The third-order valence-electron chi connectivity index (χ3n) is 7.50. The van der Waals surface area contributed by atoms with Crippen LogP contribution in [0.15, 0.2) is 115 Å². The van der Waals surface area contributed by atoms with E-state index in [-0.39, 0.29) is 30.2 Å². The number of para-hydroxylation sites is 1. The molecule has 45 heavy (non-hydrogen) atoms. The first-order valence-corrected chi connectivity index (χ1v) is 14.4. The van der Waals surface area contributed by atoms with Crippen molar-refractivity contribution in [3.8, 4) is 11.5 Å². The zero-order valence-electron chi connectivity index (χ0n) is 24.2. The molecule has 0 aliphatic carbocycles. The number of benzene rings is 5. The molecule has 6 aromatic rings. The van der Waals surface area contributed by atoms with Crippen LogP contribution in [0.4, 0.5) is 5.69 Å². The van der Waals surface area contributed by atoms with E-state index in [1.165, 1.54) is 18.2 Å². The summed E-state index contributed by atoms with van der Waals surface area (Å²) in [5, 5.41) is 16.6.